The minimum absolute atomic E-state index is 0.00992. The van der Waals surface area contributed by atoms with Gasteiger partial charge in [-0.05, 0) is 26.7 Å². The van der Waals surface area contributed by atoms with Crippen molar-refractivity contribution in [1.82, 2.24) is 0 Å². The van der Waals surface area contributed by atoms with Crippen LogP contribution in [-0.4, -0.2) is 46.7 Å². The maximum absolute atomic E-state index is 13.6. The predicted molar refractivity (Wildman–Crippen MR) is 97.7 cm³/mol. The summed E-state index contributed by atoms with van der Waals surface area (Å²) in [6, 6.07) is 7.08. The Balaban J connectivity index is 1.70. The van der Waals surface area contributed by atoms with Crippen molar-refractivity contribution in [2.75, 3.05) is 6.61 Å². The highest BCUT2D eigenvalue weighted by atomic mass is 16.8. The Hall–Kier alpha value is -1.80. The van der Waals surface area contributed by atoms with Crippen LogP contribution < -0.4 is 0 Å². The first kappa shape index (κ1) is 18.0. The molecule has 1 N–H and O–H groups in total. The van der Waals surface area contributed by atoms with Crippen molar-refractivity contribution in [2.24, 2.45) is 5.41 Å². The molecule has 0 aromatic heterocycles. The molecule has 29 heavy (non-hydrogen) atoms. The van der Waals surface area contributed by atoms with Gasteiger partial charge in [0, 0.05) is 24.0 Å². The Bertz CT molecular complexity index is 960. The molecule has 1 aromatic rings. The minimum Gasteiger partial charge on any atom is -0.464 e. The van der Waals surface area contributed by atoms with Crippen LogP contribution in [0, 0.1) is 5.41 Å². The molecule has 7 heteroatoms. The molecule has 3 heterocycles. The molecule has 4 fully saturated rings. The normalized spacial score (nSPS) is 48.8. The molecule has 2 aliphatic carbocycles. The largest absolute Gasteiger partial charge is 0.464 e. The van der Waals surface area contributed by atoms with Gasteiger partial charge in [-0.3, -0.25) is 4.79 Å². The zero-order chi connectivity index (χ0) is 20.3. The summed E-state index contributed by atoms with van der Waals surface area (Å²) < 4.78 is 25.0. The number of carbonyl (C=O) groups excluding carboxylic acids is 2. The summed E-state index contributed by atoms with van der Waals surface area (Å²) in [5.41, 5.74) is -3.24. The molecule has 0 radical (unpaired) electrons. The van der Waals surface area contributed by atoms with Crippen molar-refractivity contribution < 1.29 is 33.6 Å². The van der Waals surface area contributed by atoms with E-state index in [1.165, 1.54) is 0 Å². The molecule has 7 nitrogen and oxygen atoms in total. The highest BCUT2D eigenvalue weighted by molar-refractivity contribution is 6.01. The molecule has 2 bridgehead atoms. The van der Waals surface area contributed by atoms with E-state index in [9.17, 15) is 14.7 Å². The van der Waals surface area contributed by atoms with E-state index < -0.39 is 40.3 Å². The van der Waals surface area contributed by atoms with Crippen molar-refractivity contribution in [3.05, 3.63) is 35.4 Å². The number of aliphatic hydroxyl groups is 1. The summed E-state index contributed by atoms with van der Waals surface area (Å²) in [6.45, 7) is 3.71. The van der Waals surface area contributed by atoms with Gasteiger partial charge in [-0.1, -0.05) is 30.7 Å². The van der Waals surface area contributed by atoms with Gasteiger partial charge >= 0.3 is 5.97 Å². The molecule has 6 atom stereocenters. The molecular formula is C22H24O7. The molecule has 0 amide bonds. The van der Waals surface area contributed by atoms with Crippen LogP contribution >= 0.6 is 0 Å². The summed E-state index contributed by atoms with van der Waals surface area (Å²) in [4.78, 5) is 26.4. The number of carbonyl (C=O) groups is 2. The van der Waals surface area contributed by atoms with Gasteiger partial charge in [0.05, 0.1) is 12.0 Å². The molecule has 1 saturated carbocycles. The van der Waals surface area contributed by atoms with Crippen molar-refractivity contribution in [1.29, 1.82) is 0 Å². The second-order valence-corrected chi connectivity index (χ2v) is 9.06. The van der Waals surface area contributed by atoms with E-state index >= 15 is 0 Å². The Morgan fingerprint density at radius 2 is 2.00 bits per heavy atom. The Labute approximate surface area is 168 Å². The van der Waals surface area contributed by atoms with Crippen molar-refractivity contribution in [3.8, 4) is 0 Å². The fourth-order valence-electron chi connectivity index (χ4n) is 6.73. The summed E-state index contributed by atoms with van der Waals surface area (Å²) >= 11 is 0. The van der Waals surface area contributed by atoms with Crippen LogP contribution in [0.1, 0.15) is 61.9 Å². The van der Waals surface area contributed by atoms with E-state index in [0.717, 1.165) is 12.8 Å². The second-order valence-electron chi connectivity index (χ2n) is 9.06. The number of Topliss-reactive ketones (excluding diaryl/α,β-unsaturated/α-hetero) is 1. The predicted octanol–water partition coefficient (Wildman–Crippen LogP) is 2.19. The Morgan fingerprint density at radius 1 is 1.24 bits per heavy atom. The third-order valence-electron chi connectivity index (χ3n) is 7.99. The summed E-state index contributed by atoms with van der Waals surface area (Å²) in [7, 11) is 0. The first-order chi connectivity index (χ1) is 13.8. The van der Waals surface area contributed by atoms with Gasteiger partial charge in [0.2, 0.25) is 5.79 Å². The second kappa shape index (κ2) is 5.09. The van der Waals surface area contributed by atoms with Crippen molar-refractivity contribution >= 4 is 11.8 Å². The van der Waals surface area contributed by atoms with Crippen LogP contribution in [0.25, 0.3) is 0 Å². The van der Waals surface area contributed by atoms with Gasteiger partial charge in [0.1, 0.15) is 6.10 Å². The van der Waals surface area contributed by atoms with E-state index in [4.69, 9.17) is 18.9 Å². The van der Waals surface area contributed by atoms with E-state index in [1.807, 2.05) is 6.92 Å². The average molecular weight is 400 g/mol. The zero-order valence-corrected chi connectivity index (χ0v) is 16.5. The number of ether oxygens (including phenoxy) is 4. The quantitative estimate of drug-likeness (QED) is 0.761. The lowest BCUT2D eigenvalue weighted by molar-refractivity contribution is -0.315. The number of ketones is 1. The first-order valence-electron chi connectivity index (χ1n) is 10.4. The lowest BCUT2D eigenvalue weighted by Crippen LogP contribution is -2.72. The molecule has 6 unspecified atom stereocenters. The molecule has 6 rings (SSSR count). The fourth-order valence-corrected chi connectivity index (χ4v) is 6.73. The van der Waals surface area contributed by atoms with E-state index in [-0.39, 0.29) is 18.8 Å². The highest BCUT2D eigenvalue weighted by Crippen LogP contribution is 2.80. The zero-order valence-electron chi connectivity index (χ0n) is 16.5. The number of hydrogen-bond acceptors (Lipinski definition) is 7. The number of esters is 1. The van der Waals surface area contributed by atoms with Crippen LogP contribution in [0.2, 0.25) is 0 Å². The van der Waals surface area contributed by atoms with Crippen LogP contribution in [0.15, 0.2) is 24.3 Å². The van der Waals surface area contributed by atoms with Gasteiger partial charge in [-0.2, -0.15) is 0 Å². The van der Waals surface area contributed by atoms with E-state index in [0.29, 0.717) is 24.0 Å². The van der Waals surface area contributed by atoms with Crippen LogP contribution in [0.5, 0.6) is 0 Å². The van der Waals surface area contributed by atoms with E-state index in [2.05, 4.69) is 0 Å². The van der Waals surface area contributed by atoms with Crippen molar-refractivity contribution in [2.45, 2.75) is 74.8 Å². The molecular weight excluding hydrogens is 376 g/mol. The minimum atomic E-state index is -1.95. The SMILES string of the molecule is CCOC(=O)C12OC34CCCCC3(C)C1(O)OC1CC(=O)c3ccccc3C12O4. The molecule has 3 saturated heterocycles. The van der Waals surface area contributed by atoms with Crippen LogP contribution in [-0.2, 0) is 29.3 Å². The van der Waals surface area contributed by atoms with Gasteiger partial charge in [0.25, 0.3) is 5.60 Å². The number of rotatable bonds is 2. The Kier molecular flexibility index (Phi) is 3.16. The van der Waals surface area contributed by atoms with Gasteiger partial charge in [-0.15, -0.1) is 0 Å². The monoisotopic (exact) mass is 400 g/mol. The standard InChI is InChI=1S/C22H24O7/c1-3-26-17(24)21-20-14-9-5-4-8-13(14)15(23)12-16(20)27-22(21,25)18(2)10-6-7-11-19(18,28-20)29-21/h4-5,8-9,16,25H,3,6-7,10-12H2,1-2H3. The Morgan fingerprint density at radius 3 is 2.79 bits per heavy atom. The molecule has 154 valence electrons. The first-order valence-corrected chi connectivity index (χ1v) is 10.4. The van der Waals surface area contributed by atoms with Gasteiger partial charge in [0.15, 0.2) is 17.2 Å². The number of hydrogen-bond donors (Lipinski definition) is 1. The van der Waals surface area contributed by atoms with E-state index in [1.54, 1.807) is 31.2 Å². The maximum Gasteiger partial charge on any atom is 0.347 e. The maximum atomic E-state index is 13.6. The lowest BCUT2D eigenvalue weighted by atomic mass is 9.57. The van der Waals surface area contributed by atoms with Crippen molar-refractivity contribution in [3.63, 3.8) is 0 Å². The summed E-state index contributed by atoms with van der Waals surface area (Å²) in [6.07, 6.45) is 2.02. The summed E-state index contributed by atoms with van der Waals surface area (Å²) in [5.74, 6) is -3.91. The van der Waals surface area contributed by atoms with Crippen LogP contribution in [0.3, 0.4) is 0 Å². The highest BCUT2D eigenvalue weighted by Gasteiger charge is 2.99. The molecule has 1 aromatic carbocycles. The number of fused-ring (bicyclic) bond motifs is 2. The third kappa shape index (κ3) is 1.53. The third-order valence-corrected chi connectivity index (χ3v) is 7.99. The topological polar surface area (TPSA) is 91.3 Å². The molecule has 5 aliphatic rings. The van der Waals surface area contributed by atoms with Crippen LogP contribution in [0.4, 0.5) is 0 Å². The average Bonchev–Trinajstić information content (AvgIpc) is 3.17. The fraction of sp³-hybridized carbons (Fsp3) is 0.636. The molecule has 2 spiro atoms. The molecule has 3 aliphatic heterocycles. The van der Waals surface area contributed by atoms with Gasteiger partial charge < -0.3 is 24.1 Å². The lowest BCUT2D eigenvalue weighted by Gasteiger charge is -2.53. The summed E-state index contributed by atoms with van der Waals surface area (Å²) in [5, 5.41) is 12.1. The van der Waals surface area contributed by atoms with Gasteiger partial charge in [-0.25, -0.2) is 4.79 Å². The number of benzene rings is 1. The smallest absolute Gasteiger partial charge is 0.347 e.